The molecule has 0 spiro atoms. The van der Waals surface area contributed by atoms with E-state index >= 15 is 0 Å². The van der Waals surface area contributed by atoms with E-state index in [4.69, 9.17) is 9.47 Å². The molecule has 2 unspecified atom stereocenters. The summed E-state index contributed by atoms with van der Waals surface area (Å²) >= 11 is 0. The Morgan fingerprint density at radius 1 is 1.04 bits per heavy atom. The fourth-order valence-electron chi connectivity index (χ4n) is 4.74. The standard InChI is InChI=1S/C23H20O4/c1-26-23-12-11-17(18(24)13-23)19-20(23)22(27-14-7-3-2-4-8-14)16-10-6-5-9-15(16)21(19)25/h2-10,17,25H,11-13H2,1H3. The molecule has 0 amide bonds. The molecule has 0 heterocycles. The quantitative estimate of drug-likeness (QED) is 0.712. The molecular formula is C23H20O4. The molecule has 1 fully saturated rings. The Bertz CT molecular complexity index is 1060. The van der Waals surface area contributed by atoms with Crippen LogP contribution in [-0.4, -0.2) is 18.0 Å². The summed E-state index contributed by atoms with van der Waals surface area (Å²) in [7, 11) is 1.64. The van der Waals surface area contributed by atoms with Crippen LogP contribution in [0.2, 0.25) is 0 Å². The Balaban J connectivity index is 1.87. The number of hydrogen-bond acceptors (Lipinski definition) is 4. The highest BCUT2D eigenvalue weighted by Crippen LogP contribution is 2.60. The average molecular weight is 360 g/mol. The van der Waals surface area contributed by atoms with E-state index in [1.165, 1.54) is 0 Å². The minimum absolute atomic E-state index is 0.131. The maximum absolute atomic E-state index is 12.7. The van der Waals surface area contributed by atoms with Crippen molar-refractivity contribution >= 4 is 16.6 Å². The monoisotopic (exact) mass is 360 g/mol. The highest BCUT2D eigenvalue weighted by molar-refractivity contribution is 6.01. The zero-order valence-electron chi connectivity index (χ0n) is 15.1. The molecule has 136 valence electrons. The number of para-hydroxylation sites is 1. The first kappa shape index (κ1) is 16.3. The number of hydrogen-bond donors (Lipinski definition) is 1. The number of methoxy groups -OCH3 is 1. The first-order chi connectivity index (χ1) is 13.1. The number of fused-ring (bicyclic) bond motifs is 3. The summed E-state index contributed by atoms with van der Waals surface area (Å²) in [5, 5.41) is 12.6. The lowest BCUT2D eigenvalue weighted by molar-refractivity contribution is -0.137. The molecule has 3 aliphatic rings. The zero-order valence-corrected chi connectivity index (χ0v) is 15.1. The molecule has 1 saturated carbocycles. The van der Waals surface area contributed by atoms with Crippen LogP contribution in [0.3, 0.4) is 0 Å². The Labute approximate surface area is 157 Å². The second-order valence-corrected chi connectivity index (χ2v) is 7.36. The van der Waals surface area contributed by atoms with Gasteiger partial charge in [-0.3, -0.25) is 4.79 Å². The molecule has 3 aromatic rings. The van der Waals surface area contributed by atoms with Gasteiger partial charge < -0.3 is 14.6 Å². The molecule has 0 radical (unpaired) electrons. The molecule has 3 aliphatic carbocycles. The van der Waals surface area contributed by atoms with Crippen molar-refractivity contribution in [2.45, 2.75) is 30.8 Å². The number of phenolic OH excluding ortho intramolecular Hbond substituents is 1. The van der Waals surface area contributed by atoms with Crippen LogP contribution in [0, 0.1) is 0 Å². The molecule has 6 rings (SSSR count). The Hall–Kier alpha value is -2.85. The number of benzene rings is 3. The number of rotatable bonds is 3. The summed E-state index contributed by atoms with van der Waals surface area (Å²) < 4.78 is 12.3. The van der Waals surface area contributed by atoms with Gasteiger partial charge in [0.05, 0.1) is 0 Å². The van der Waals surface area contributed by atoms with Gasteiger partial charge in [-0.2, -0.15) is 0 Å². The summed E-state index contributed by atoms with van der Waals surface area (Å²) in [5.74, 6) is 1.42. The first-order valence-corrected chi connectivity index (χ1v) is 9.23. The molecule has 4 heteroatoms. The van der Waals surface area contributed by atoms with Crippen LogP contribution in [0.5, 0.6) is 17.2 Å². The lowest BCUT2D eigenvalue weighted by Gasteiger charge is -2.46. The predicted molar refractivity (Wildman–Crippen MR) is 102 cm³/mol. The second-order valence-electron chi connectivity index (χ2n) is 7.36. The number of aromatic hydroxyl groups is 1. The first-order valence-electron chi connectivity index (χ1n) is 9.23. The topological polar surface area (TPSA) is 55.8 Å². The smallest absolute Gasteiger partial charge is 0.143 e. The lowest BCUT2D eigenvalue weighted by Crippen LogP contribution is -2.44. The molecule has 4 nitrogen and oxygen atoms in total. The van der Waals surface area contributed by atoms with Crippen molar-refractivity contribution in [3.05, 3.63) is 65.7 Å². The van der Waals surface area contributed by atoms with Gasteiger partial charge in [-0.15, -0.1) is 0 Å². The van der Waals surface area contributed by atoms with Crippen LogP contribution >= 0.6 is 0 Å². The fourth-order valence-corrected chi connectivity index (χ4v) is 4.74. The molecule has 2 bridgehead atoms. The van der Waals surface area contributed by atoms with E-state index in [-0.39, 0.29) is 17.5 Å². The summed E-state index contributed by atoms with van der Waals surface area (Å²) in [6, 6.07) is 17.2. The minimum Gasteiger partial charge on any atom is -0.507 e. The summed E-state index contributed by atoms with van der Waals surface area (Å²) in [5.41, 5.74) is 0.775. The van der Waals surface area contributed by atoms with Crippen molar-refractivity contribution in [2.75, 3.05) is 7.11 Å². The third-order valence-electron chi connectivity index (χ3n) is 6.02. The van der Waals surface area contributed by atoms with Crippen LogP contribution in [-0.2, 0) is 15.1 Å². The number of phenols is 1. The SMILES string of the molecule is COC12CCC(C(=O)C1)c1c2c(Oc2ccccc2)c2ccccc2c1O. The van der Waals surface area contributed by atoms with Gasteiger partial charge in [0.1, 0.15) is 28.6 Å². The summed E-state index contributed by atoms with van der Waals surface area (Å²) in [6.07, 6.45) is 1.76. The highest BCUT2D eigenvalue weighted by Gasteiger charge is 2.53. The Morgan fingerprint density at radius 3 is 2.44 bits per heavy atom. The summed E-state index contributed by atoms with van der Waals surface area (Å²) in [4.78, 5) is 12.7. The van der Waals surface area contributed by atoms with Gasteiger partial charge in [-0.25, -0.2) is 0 Å². The van der Waals surface area contributed by atoms with Crippen molar-refractivity contribution in [3.8, 4) is 17.2 Å². The number of Topliss-reactive ketones (excluding diaryl/α,β-unsaturated/α-hetero) is 1. The van der Waals surface area contributed by atoms with E-state index in [9.17, 15) is 9.90 Å². The van der Waals surface area contributed by atoms with E-state index < -0.39 is 5.60 Å². The van der Waals surface area contributed by atoms with Crippen LogP contribution in [0.4, 0.5) is 0 Å². The van der Waals surface area contributed by atoms with Gasteiger partial charge in [0.2, 0.25) is 0 Å². The minimum atomic E-state index is -0.743. The average Bonchev–Trinajstić information content (AvgIpc) is 2.72. The number of carbonyl (C=O) groups is 1. The summed E-state index contributed by atoms with van der Waals surface area (Å²) in [6.45, 7) is 0. The van der Waals surface area contributed by atoms with E-state index in [2.05, 4.69) is 0 Å². The van der Waals surface area contributed by atoms with Gasteiger partial charge in [-0.1, -0.05) is 42.5 Å². The van der Waals surface area contributed by atoms with Crippen LogP contribution in [0.15, 0.2) is 54.6 Å². The third-order valence-corrected chi connectivity index (χ3v) is 6.02. The molecule has 3 aromatic carbocycles. The van der Waals surface area contributed by atoms with Gasteiger partial charge >= 0.3 is 0 Å². The molecule has 1 N–H and O–H groups in total. The fraction of sp³-hybridized carbons (Fsp3) is 0.261. The van der Waals surface area contributed by atoms with Crippen molar-refractivity contribution in [1.29, 1.82) is 0 Å². The van der Waals surface area contributed by atoms with E-state index in [1.54, 1.807) is 7.11 Å². The van der Waals surface area contributed by atoms with E-state index in [1.807, 2.05) is 54.6 Å². The molecule has 0 aliphatic heterocycles. The maximum atomic E-state index is 12.7. The lowest BCUT2D eigenvalue weighted by atomic mass is 9.62. The normalized spacial score (nSPS) is 23.4. The van der Waals surface area contributed by atoms with Crippen LogP contribution in [0.1, 0.15) is 36.3 Å². The van der Waals surface area contributed by atoms with Crippen molar-refractivity contribution in [3.63, 3.8) is 0 Å². The van der Waals surface area contributed by atoms with Gasteiger partial charge in [0, 0.05) is 41.3 Å². The van der Waals surface area contributed by atoms with Gasteiger partial charge in [0.15, 0.2) is 0 Å². The molecule has 0 saturated heterocycles. The largest absolute Gasteiger partial charge is 0.507 e. The van der Waals surface area contributed by atoms with Crippen LogP contribution in [0.25, 0.3) is 10.8 Å². The zero-order chi connectivity index (χ0) is 18.6. The van der Waals surface area contributed by atoms with E-state index in [0.717, 1.165) is 23.1 Å². The number of ether oxygens (including phenoxy) is 2. The highest BCUT2D eigenvalue weighted by atomic mass is 16.5. The Morgan fingerprint density at radius 2 is 1.74 bits per heavy atom. The molecule has 27 heavy (non-hydrogen) atoms. The maximum Gasteiger partial charge on any atom is 0.143 e. The molecular weight excluding hydrogens is 340 g/mol. The van der Waals surface area contributed by atoms with Crippen molar-refractivity contribution in [2.24, 2.45) is 0 Å². The Kier molecular flexibility index (Phi) is 3.52. The van der Waals surface area contributed by atoms with Gasteiger partial charge in [0.25, 0.3) is 0 Å². The van der Waals surface area contributed by atoms with Crippen molar-refractivity contribution in [1.82, 2.24) is 0 Å². The van der Waals surface area contributed by atoms with E-state index in [0.29, 0.717) is 29.5 Å². The second kappa shape index (κ2) is 5.83. The predicted octanol–water partition coefficient (Wildman–Crippen LogP) is 5.03. The van der Waals surface area contributed by atoms with Crippen LogP contribution < -0.4 is 4.74 Å². The molecule has 0 aromatic heterocycles. The molecule has 2 atom stereocenters. The third kappa shape index (κ3) is 2.23. The number of ketones is 1. The van der Waals surface area contributed by atoms with Crippen molar-refractivity contribution < 1.29 is 19.4 Å². The number of carbonyl (C=O) groups excluding carboxylic acids is 1. The van der Waals surface area contributed by atoms with Gasteiger partial charge in [-0.05, 0) is 25.0 Å².